The molecule has 0 aliphatic carbocycles. The van der Waals surface area contributed by atoms with Crippen LogP contribution in [0.25, 0.3) is 0 Å². The molecule has 0 spiro atoms. The van der Waals surface area contributed by atoms with Gasteiger partial charge < -0.3 is 6.15 Å². The fourth-order valence-electron chi connectivity index (χ4n) is 0.997. The summed E-state index contributed by atoms with van der Waals surface area (Å²) in [6, 6.07) is 2.10. The summed E-state index contributed by atoms with van der Waals surface area (Å²) in [5.41, 5.74) is 2.32. The topological polar surface area (TPSA) is 63.7 Å². The second kappa shape index (κ2) is 6.03. The van der Waals surface area contributed by atoms with E-state index in [-0.39, 0.29) is 18.6 Å². The van der Waals surface area contributed by atoms with Crippen LogP contribution in [0.5, 0.6) is 0 Å². The molecule has 0 aliphatic heterocycles. The zero-order valence-corrected chi connectivity index (χ0v) is 8.74. The second-order valence-electron chi connectivity index (χ2n) is 3.14. The van der Waals surface area contributed by atoms with E-state index < -0.39 is 0 Å². The Balaban J connectivity index is 0. The van der Waals surface area contributed by atoms with Crippen LogP contribution in [0.4, 0.5) is 0 Å². The molecule has 0 amide bonds. The fourth-order valence-corrected chi connectivity index (χ4v) is 0.997. The molecule has 1 rings (SSSR count). The molecule has 0 saturated heterocycles. The Labute approximate surface area is 79.9 Å². The molecule has 72 valence electrons. The maximum Gasteiger partial charge on any atom is 0.0627 e. The van der Waals surface area contributed by atoms with Crippen LogP contribution >= 0.6 is 12.4 Å². The van der Waals surface area contributed by atoms with E-state index in [9.17, 15) is 0 Å². The van der Waals surface area contributed by atoms with Crippen molar-refractivity contribution >= 4 is 12.4 Å². The van der Waals surface area contributed by atoms with Crippen LogP contribution in [-0.2, 0) is 6.42 Å². The Morgan fingerprint density at radius 2 is 2.08 bits per heavy atom. The molecule has 0 radical (unpaired) electrons. The van der Waals surface area contributed by atoms with Gasteiger partial charge >= 0.3 is 0 Å². The Morgan fingerprint density at radius 1 is 1.50 bits per heavy atom. The minimum Gasteiger partial charge on any atom is -0.344 e. The van der Waals surface area contributed by atoms with Gasteiger partial charge in [0.25, 0.3) is 0 Å². The van der Waals surface area contributed by atoms with Gasteiger partial charge in [0, 0.05) is 5.69 Å². The highest BCUT2D eigenvalue weighted by molar-refractivity contribution is 5.85. The van der Waals surface area contributed by atoms with Crippen LogP contribution in [0.3, 0.4) is 0 Å². The van der Waals surface area contributed by atoms with Crippen LogP contribution < -0.4 is 6.15 Å². The Bertz CT molecular complexity index is 208. The molecule has 0 fully saturated rings. The predicted molar refractivity (Wildman–Crippen MR) is 54.1 cm³/mol. The lowest BCUT2D eigenvalue weighted by molar-refractivity contribution is 0.633. The number of nitrogens with one attached hydrogen (secondary N) is 1. The van der Waals surface area contributed by atoms with Crippen molar-refractivity contribution in [3.63, 3.8) is 0 Å². The number of aromatic nitrogens is 2. The maximum absolute atomic E-state index is 4.13. The van der Waals surface area contributed by atoms with E-state index in [0.717, 1.165) is 12.1 Å². The summed E-state index contributed by atoms with van der Waals surface area (Å²) in [6.07, 6.45) is 1.07. The minimum atomic E-state index is 0. The molecule has 1 aromatic rings. The Morgan fingerprint density at radius 3 is 2.42 bits per heavy atom. The van der Waals surface area contributed by atoms with Gasteiger partial charge in [-0.05, 0) is 25.3 Å². The van der Waals surface area contributed by atoms with E-state index in [1.54, 1.807) is 0 Å². The number of hydrogen-bond acceptors (Lipinski definition) is 2. The first-order valence-electron chi connectivity index (χ1n) is 3.69. The van der Waals surface area contributed by atoms with Crippen molar-refractivity contribution in [1.82, 2.24) is 16.3 Å². The molecular formula is C8H18ClN3. The zero-order valence-electron chi connectivity index (χ0n) is 7.92. The summed E-state index contributed by atoms with van der Waals surface area (Å²) in [5, 5.41) is 7.05. The average molecular weight is 192 g/mol. The molecule has 0 aromatic carbocycles. The smallest absolute Gasteiger partial charge is 0.0627 e. The van der Waals surface area contributed by atoms with Gasteiger partial charge in [0.05, 0.1) is 5.69 Å². The van der Waals surface area contributed by atoms with E-state index >= 15 is 0 Å². The van der Waals surface area contributed by atoms with E-state index in [1.807, 2.05) is 6.92 Å². The lowest BCUT2D eigenvalue weighted by Crippen LogP contribution is -1.93. The molecule has 0 aliphatic rings. The van der Waals surface area contributed by atoms with Crippen LogP contribution in [0.2, 0.25) is 0 Å². The van der Waals surface area contributed by atoms with Crippen molar-refractivity contribution in [2.45, 2.75) is 27.2 Å². The predicted octanol–water partition coefficient (Wildman–Crippen LogP) is 2.50. The first kappa shape index (κ1) is 14.0. The van der Waals surface area contributed by atoms with Crippen molar-refractivity contribution in [2.75, 3.05) is 0 Å². The number of H-pyrrole nitrogens is 1. The van der Waals surface area contributed by atoms with Crippen molar-refractivity contribution in [1.29, 1.82) is 0 Å². The Kier molecular flexibility index (Phi) is 7.04. The lowest BCUT2D eigenvalue weighted by Gasteiger charge is -1.97. The molecule has 4 heteroatoms. The van der Waals surface area contributed by atoms with Crippen LogP contribution in [-0.4, -0.2) is 10.2 Å². The van der Waals surface area contributed by atoms with Gasteiger partial charge in [-0.3, -0.25) is 5.10 Å². The minimum absolute atomic E-state index is 0. The molecule has 1 aromatic heterocycles. The second-order valence-corrected chi connectivity index (χ2v) is 3.14. The third-order valence-corrected chi connectivity index (χ3v) is 1.38. The normalized spacial score (nSPS) is 9.00. The summed E-state index contributed by atoms with van der Waals surface area (Å²) in [5.74, 6) is 0.697. The number of hydrogen-bond donors (Lipinski definition) is 2. The van der Waals surface area contributed by atoms with Crippen molar-refractivity contribution in [3.05, 3.63) is 17.5 Å². The first-order chi connectivity index (χ1) is 4.68. The number of halogens is 1. The number of nitrogens with zero attached hydrogens (tertiary/aromatic N) is 1. The molecule has 4 N–H and O–H groups in total. The highest BCUT2D eigenvalue weighted by Gasteiger charge is 1.99. The number of aryl methyl sites for hydroxylation is 1. The Hall–Kier alpha value is -0.540. The summed E-state index contributed by atoms with van der Waals surface area (Å²) >= 11 is 0. The van der Waals surface area contributed by atoms with Crippen molar-refractivity contribution in [3.8, 4) is 0 Å². The van der Waals surface area contributed by atoms with Gasteiger partial charge in [0.2, 0.25) is 0 Å². The van der Waals surface area contributed by atoms with E-state index in [4.69, 9.17) is 0 Å². The first-order valence-corrected chi connectivity index (χ1v) is 3.69. The van der Waals surface area contributed by atoms with E-state index in [2.05, 4.69) is 30.1 Å². The lowest BCUT2D eigenvalue weighted by atomic mass is 10.1. The fraction of sp³-hybridized carbons (Fsp3) is 0.625. The summed E-state index contributed by atoms with van der Waals surface area (Å²) in [7, 11) is 0. The van der Waals surface area contributed by atoms with Gasteiger partial charge in [-0.2, -0.15) is 5.10 Å². The van der Waals surface area contributed by atoms with E-state index in [0.29, 0.717) is 5.92 Å². The molecular weight excluding hydrogens is 174 g/mol. The molecule has 3 nitrogen and oxygen atoms in total. The van der Waals surface area contributed by atoms with Crippen LogP contribution in [0, 0.1) is 12.8 Å². The van der Waals surface area contributed by atoms with Crippen molar-refractivity contribution < 1.29 is 0 Å². The standard InChI is InChI=1S/C8H14N2.ClH.H3N/c1-6(2)4-8-5-7(3)9-10-8;;/h5-6H,4H2,1-3H3,(H,9,10);1H;1H3. The summed E-state index contributed by atoms with van der Waals surface area (Å²) in [6.45, 7) is 6.42. The SMILES string of the molecule is Cc1cc(CC(C)C)n[nH]1.Cl.N. The van der Waals surface area contributed by atoms with Gasteiger partial charge in [-0.15, -0.1) is 12.4 Å². The molecule has 0 saturated carbocycles. The van der Waals surface area contributed by atoms with Crippen LogP contribution in [0.15, 0.2) is 6.07 Å². The van der Waals surface area contributed by atoms with Gasteiger partial charge in [-0.25, -0.2) is 0 Å². The third-order valence-electron chi connectivity index (χ3n) is 1.38. The molecule has 0 bridgehead atoms. The highest BCUT2D eigenvalue weighted by atomic mass is 35.5. The molecule has 0 unspecified atom stereocenters. The van der Waals surface area contributed by atoms with Gasteiger partial charge in [-0.1, -0.05) is 13.8 Å². The van der Waals surface area contributed by atoms with Crippen molar-refractivity contribution in [2.24, 2.45) is 5.92 Å². The van der Waals surface area contributed by atoms with E-state index in [1.165, 1.54) is 5.69 Å². The van der Waals surface area contributed by atoms with Gasteiger partial charge in [0.1, 0.15) is 0 Å². The molecule has 0 atom stereocenters. The summed E-state index contributed by atoms with van der Waals surface area (Å²) < 4.78 is 0. The average Bonchev–Trinajstić information content (AvgIpc) is 2.13. The highest BCUT2D eigenvalue weighted by Crippen LogP contribution is 2.05. The third kappa shape index (κ3) is 4.36. The van der Waals surface area contributed by atoms with Gasteiger partial charge in [0.15, 0.2) is 0 Å². The number of aromatic amines is 1. The summed E-state index contributed by atoms with van der Waals surface area (Å²) in [4.78, 5) is 0. The molecule has 12 heavy (non-hydrogen) atoms. The molecule has 1 heterocycles. The maximum atomic E-state index is 4.13. The quantitative estimate of drug-likeness (QED) is 0.755. The zero-order chi connectivity index (χ0) is 7.56. The monoisotopic (exact) mass is 191 g/mol. The number of rotatable bonds is 2. The van der Waals surface area contributed by atoms with Crippen LogP contribution in [0.1, 0.15) is 25.2 Å². The largest absolute Gasteiger partial charge is 0.344 e.